The summed E-state index contributed by atoms with van der Waals surface area (Å²) < 4.78 is 0. The lowest BCUT2D eigenvalue weighted by molar-refractivity contribution is 0.976. The van der Waals surface area contributed by atoms with Crippen LogP contribution in [0, 0.1) is 0 Å². The minimum absolute atomic E-state index is 0.892. The molecule has 0 unspecified atom stereocenters. The molecule has 2 aromatic rings. The lowest BCUT2D eigenvalue weighted by Crippen LogP contribution is -2.06. The Balaban J connectivity index is 1.82. The Morgan fingerprint density at radius 2 is 1.63 bits per heavy atom. The van der Waals surface area contributed by atoms with Gasteiger partial charge in [0.15, 0.2) is 0 Å². The molecule has 0 saturated carbocycles. The van der Waals surface area contributed by atoms with Gasteiger partial charge in [-0.05, 0) is 36.6 Å². The van der Waals surface area contributed by atoms with Crippen molar-refractivity contribution >= 4 is 11.4 Å². The summed E-state index contributed by atoms with van der Waals surface area (Å²) in [6.45, 7) is 4.02. The highest BCUT2D eigenvalue weighted by molar-refractivity contribution is 5.53. The van der Waals surface area contributed by atoms with Gasteiger partial charge < -0.3 is 10.6 Å². The SMILES string of the molecule is CCCNc1cncc(NCCc2ccncc2)c1. The first-order valence-corrected chi connectivity index (χ1v) is 6.70. The molecule has 0 saturated heterocycles. The van der Waals surface area contributed by atoms with Gasteiger partial charge in [-0.1, -0.05) is 6.92 Å². The summed E-state index contributed by atoms with van der Waals surface area (Å²) in [5, 5.41) is 6.72. The van der Waals surface area contributed by atoms with E-state index in [2.05, 4.69) is 33.6 Å². The molecule has 2 N–H and O–H groups in total. The second-order valence-electron chi connectivity index (χ2n) is 4.42. The summed E-state index contributed by atoms with van der Waals surface area (Å²) in [7, 11) is 0. The highest BCUT2D eigenvalue weighted by atomic mass is 14.9. The van der Waals surface area contributed by atoms with E-state index in [0.29, 0.717) is 0 Å². The van der Waals surface area contributed by atoms with Gasteiger partial charge in [-0.15, -0.1) is 0 Å². The molecule has 0 atom stereocenters. The van der Waals surface area contributed by atoms with E-state index in [1.54, 1.807) is 0 Å². The van der Waals surface area contributed by atoms with E-state index in [1.165, 1.54) is 5.56 Å². The van der Waals surface area contributed by atoms with Crippen LogP contribution in [0.15, 0.2) is 43.0 Å². The Hall–Kier alpha value is -2.10. The first-order valence-electron chi connectivity index (χ1n) is 6.70. The predicted octanol–water partition coefficient (Wildman–Crippen LogP) is 2.95. The smallest absolute Gasteiger partial charge is 0.0547 e. The van der Waals surface area contributed by atoms with Gasteiger partial charge >= 0.3 is 0 Å². The third kappa shape index (κ3) is 4.58. The number of hydrogen-bond acceptors (Lipinski definition) is 4. The van der Waals surface area contributed by atoms with Crippen LogP contribution in [0.25, 0.3) is 0 Å². The number of rotatable bonds is 7. The number of anilines is 2. The van der Waals surface area contributed by atoms with Crippen LogP contribution in [0.1, 0.15) is 18.9 Å². The van der Waals surface area contributed by atoms with E-state index < -0.39 is 0 Å². The van der Waals surface area contributed by atoms with Crippen molar-refractivity contribution in [3.63, 3.8) is 0 Å². The van der Waals surface area contributed by atoms with Crippen LogP contribution >= 0.6 is 0 Å². The molecule has 0 amide bonds. The fourth-order valence-corrected chi connectivity index (χ4v) is 1.80. The van der Waals surface area contributed by atoms with Crippen molar-refractivity contribution in [3.05, 3.63) is 48.5 Å². The largest absolute Gasteiger partial charge is 0.384 e. The van der Waals surface area contributed by atoms with Gasteiger partial charge in [0.05, 0.1) is 23.8 Å². The number of nitrogens with one attached hydrogen (secondary N) is 2. The maximum absolute atomic E-state index is 4.23. The molecule has 2 heterocycles. The van der Waals surface area contributed by atoms with Gasteiger partial charge in [0.25, 0.3) is 0 Å². The van der Waals surface area contributed by atoms with Crippen molar-refractivity contribution in [1.29, 1.82) is 0 Å². The van der Waals surface area contributed by atoms with Gasteiger partial charge in [0.2, 0.25) is 0 Å². The molecule has 2 rings (SSSR count). The third-order valence-electron chi connectivity index (χ3n) is 2.81. The molecule has 0 fully saturated rings. The van der Waals surface area contributed by atoms with Crippen LogP contribution < -0.4 is 10.6 Å². The Bertz CT molecular complexity index is 485. The second kappa shape index (κ2) is 7.36. The third-order valence-corrected chi connectivity index (χ3v) is 2.81. The molecule has 4 nitrogen and oxygen atoms in total. The average Bonchev–Trinajstić information content (AvgIpc) is 2.47. The van der Waals surface area contributed by atoms with E-state index >= 15 is 0 Å². The van der Waals surface area contributed by atoms with E-state index in [9.17, 15) is 0 Å². The van der Waals surface area contributed by atoms with Gasteiger partial charge in [0.1, 0.15) is 0 Å². The van der Waals surface area contributed by atoms with Crippen LogP contribution in [0.5, 0.6) is 0 Å². The maximum Gasteiger partial charge on any atom is 0.0547 e. The van der Waals surface area contributed by atoms with E-state index in [1.807, 2.05) is 36.9 Å². The first-order chi connectivity index (χ1) is 9.38. The zero-order valence-electron chi connectivity index (χ0n) is 11.3. The number of nitrogens with zero attached hydrogens (tertiary/aromatic N) is 2. The normalized spacial score (nSPS) is 10.2. The maximum atomic E-state index is 4.23. The number of aromatic nitrogens is 2. The Morgan fingerprint density at radius 1 is 0.947 bits per heavy atom. The molecule has 4 heteroatoms. The minimum atomic E-state index is 0.892. The summed E-state index contributed by atoms with van der Waals surface area (Å²) in [5.74, 6) is 0. The van der Waals surface area contributed by atoms with Crippen LogP contribution in [-0.2, 0) is 6.42 Å². The zero-order valence-corrected chi connectivity index (χ0v) is 11.3. The molecule has 100 valence electrons. The highest BCUT2D eigenvalue weighted by Crippen LogP contribution is 2.12. The summed E-state index contributed by atoms with van der Waals surface area (Å²) in [5.41, 5.74) is 3.40. The van der Waals surface area contributed by atoms with E-state index in [-0.39, 0.29) is 0 Å². The topological polar surface area (TPSA) is 49.8 Å². The van der Waals surface area contributed by atoms with Crippen molar-refractivity contribution < 1.29 is 0 Å². The molecule has 0 aliphatic rings. The van der Waals surface area contributed by atoms with Gasteiger partial charge in [-0.2, -0.15) is 0 Å². The minimum Gasteiger partial charge on any atom is -0.384 e. The zero-order chi connectivity index (χ0) is 13.3. The first kappa shape index (κ1) is 13.3. The number of pyridine rings is 2. The molecule has 0 aliphatic carbocycles. The fraction of sp³-hybridized carbons (Fsp3) is 0.333. The van der Waals surface area contributed by atoms with Crippen LogP contribution in [-0.4, -0.2) is 23.1 Å². The molecule has 0 aromatic carbocycles. The van der Waals surface area contributed by atoms with Gasteiger partial charge in [0, 0.05) is 25.5 Å². The fourth-order valence-electron chi connectivity index (χ4n) is 1.80. The highest BCUT2D eigenvalue weighted by Gasteiger charge is 1.96. The molecule has 0 spiro atoms. The van der Waals surface area contributed by atoms with E-state index in [0.717, 1.165) is 37.3 Å². The molecule has 19 heavy (non-hydrogen) atoms. The van der Waals surface area contributed by atoms with Crippen molar-refractivity contribution in [2.24, 2.45) is 0 Å². The Labute approximate surface area is 114 Å². The molecular formula is C15H20N4. The van der Waals surface area contributed by atoms with Crippen molar-refractivity contribution in [3.8, 4) is 0 Å². The number of hydrogen-bond donors (Lipinski definition) is 2. The molecule has 2 aromatic heterocycles. The van der Waals surface area contributed by atoms with Gasteiger partial charge in [-0.25, -0.2) is 0 Å². The summed E-state index contributed by atoms with van der Waals surface area (Å²) in [6, 6.07) is 6.17. The Kier molecular flexibility index (Phi) is 5.17. The summed E-state index contributed by atoms with van der Waals surface area (Å²) >= 11 is 0. The van der Waals surface area contributed by atoms with E-state index in [4.69, 9.17) is 0 Å². The Morgan fingerprint density at radius 3 is 2.32 bits per heavy atom. The van der Waals surface area contributed by atoms with Crippen molar-refractivity contribution in [2.45, 2.75) is 19.8 Å². The molecule has 0 bridgehead atoms. The van der Waals surface area contributed by atoms with Crippen LogP contribution in [0.4, 0.5) is 11.4 Å². The van der Waals surface area contributed by atoms with Crippen LogP contribution in [0.3, 0.4) is 0 Å². The monoisotopic (exact) mass is 256 g/mol. The average molecular weight is 256 g/mol. The van der Waals surface area contributed by atoms with Crippen molar-refractivity contribution in [2.75, 3.05) is 23.7 Å². The van der Waals surface area contributed by atoms with Crippen LogP contribution in [0.2, 0.25) is 0 Å². The molecule has 0 radical (unpaired) electrons. The second-order valence-corrected chi connectivity index (χ2v) is 4.42. The summed E-state index contributed by atoms with van der Waals surface area (Å²) in [4.78, 5) is 8.24. The molecular weight excluding hydrogens is 236 g/mol. The van der Waals surface area contributed by atoms with Crippen molar-refractivity contribution in [1.82, 2.24) is 9.97 Å². The lowest BCUT2D eigenvalue weighted by Gasteiger charge is -2.09. The summed E-state index contributed by atoms with van der Waals surface area (Å²) in [6.07, 6.45) is 9.45. The standard InChI is InChI=1S/C15H20N4/c1-2-6-18-14-10-15(12-17-11-14)19-9-5-13-3-7-16-8-4-13/h3-4,7-8,10-12,18-19H,2,5-6,9H2,1H3. The predicted molar refractivity (Wildman–Crippen MR) is 79.4 cm³/mol. The lowest BCUT2D eigenvalue weighted by atomic mass is 10.2. The molecule has 0 aliphatic heterocycles. The quantitative estimate of drug-likeness (QED) is 0.799. The van der Waals surface area contributed by atoms with Gasteiger partial charge in [-0.3, -0.25) is 9.97 Å².